The van der Waals surface area contributed by atoms with E-state index in [1.54, 1.807) is 0 Å². The minimum absolute atomic E-state index is 0.0255. The first kappa shape index (κ1) is 13.4. The van der Waals surface area contributed by atoms with Crippen LogP contribution in [0.3, 0.4) is 0 Å². The average Bonchev–Trinajstić information content (AvgIpc) is 2.70. The van der Waals surface area contributed by atoms with Crippen LogP contribution in [0.2, 0.25) is 0 Å². The van der Waals surface area contributed by atoms with E-state index < -0.39 is 5.97 Å². The molecule has 0 bridgehead atoms. The lowest BCUT2D eigenvalue weighted by Crippen LogP contribution is -2.27. The van der Waals surface area contributed by atoms with Crippen LogP contribution in [0.25, 0.3) is 0 Å². The lowest BCUT2D eigenvalue weighted by molar-refractivity contribution is -0.117. The van der Waals surface area contributed by atoms with Gasteiger partial charge in [-0.15, -0.1) is 0 Å². The first-order valence-electron chi connectivity index (χ1n) is 5.33. The standard InChI is InChI=1S/C11H11BrN2O3S/c12-7-2-8(11(16)17)10(13-3-7)14-4-6(5-18)1-9(14)15/h2-3,6,18H,1,4-5H2,(H,16,17). The number of pyridine rings is 1. The topological polar surface area (TPSA) is 70.5 Å². The van der Waals surface area contributed by atoms with Crippen molar-refractivity contribution in [1.29, 1.82) is 0 Å². The number of thiol groups is 1. The van der Waals surface area contributed by atoms with Crippen molar-refractivity contribution < 1.29 is 14.7 Å². The molecule has 1 N–H and O–H groups in total. The van der Waals surface area contributed by atoms with Gasteiger partial charge < -0.3 is 5.11 Å². The number of aromatic nitrogens is 1. The van der Waals surface area contributed by atoms with Gasteiger partial charge in [-0.05, 0) is 33.7 Å². The SMILES string of the molecule is O=C(O)c1cc(Br)cnc1N1CC(CS)CC1=O. The monoisotopic (exact) mass is 330 g/mol. The van der Waals surface area contributed by atoms with E-state index in [9.17, 15) is 9.59 Å². The van der Waals surface area contributed by atoms with Gasteiger partial charge in [-0.3, -0.25) is 9.69 Å². The Hall–Kier alpha value is -1.08. The Bertz CT molecular complexity index is 509. The van der Waals surface area contributed by atoms with Gasteiger partial charge in [0.15, 0.2) is 0 Å². The molecule has 2 rings (SSSR count). The molecule has 1 aromatic rings. The summed E-state index contributed by atoms with van der Waals surface area (Å²) in [6, 6.07) is 1.45. The zero-order valence-corrected chi connectivity index (χ0v) is 11.8. The molecule has 96 valence electrons. The van der Waals surface area contributed by atoms with Crippen molar-refractivity contribution >= 4 is 46.3 Å². The average molecular weight is 331 g/mol. The number of hydrogen-bond donors (Lipinski definition) is 2. The lowest BCUT2D eigenvalue weighted by Gasteiger charge is -2.17. The Morgan fingerprint density at radius 1 is 1.67 bits per heavy atom. The second-order valence-corrected chi connectivity index (χ2v) is 5.37. The van der Waals surface area contributed by atoms with Crippen LogP contribution in [0.15, 0.2) is 16.7 Å². The molecular formula is C11H11BrN2O3S. The number of carboxylic acids is 1. The third-order valence-corrected chi connectivity index (χ3v) is 3.73. The molecule has 1 atom stereocenters. The van der Waals surface area contributed by atoms with Gasteiger partial charge in [0.1, 0.15) is 11.4 Å². The molecule has 1 saturated heterocycles. The first-order chi connectivity index (χ1) is 8.52. The number of hydrogen-bond acceptors (Lipinski definition) is 4. The van der Waals surface area contributed by atoms with Crippen LogP contribution in [0, 0.1) is 5.92 Å². The summed E-state index contributed by atoms with van der Waals surface area (Å²) in [6.07, 6.45) is 1.88. The van der Waals surface area contributed by atoms with Crippen LogP contribution >= 0.6 is 28.6 Å². The van der Waals surface area contributed by atoms with E-state index in [0.717, 1.165) is 0 Å². The Morgan fingerprint density at radius 2 is 2.39 bits per heavy atom. The van der Waals surface area contributed by atoms with Crippen molar-refractivity contribution in [2.24, 2.45) is 5.92 Å². The molecule has 0 saturated carbocycles. The second-order valence-electron chi connectivity index (χ2n) is 4.09. The highest BCUT2D eigenvalue weighted by atomic mass is 79.9. The predicted molar refractivity (Wildman–Crippen MR) is 73.2 cm³/mol. The molecule has 0 radical (unpaired) electrons. The number of amides is 1. The Kier molecular flexibility index (Phi) is 3.91. The molecule has 1 aliphatic rings. The highest BCUT2D eigenvalue weighted by Crippen LogP contribution is 2.28. The van der Waals surface area contributed by atoms with Gasteiger partial charge in [-0.2, -0.15) is 12.6 Å². The van der Waals surface area contributed by atoms with E-state index >= 15 is 0 Å². The maximum atomic E-state index is 11.9. The van der Waals surface area contributed by atoms with Gasteiger partial charge >= 0.3 is 5.97 Å². The molecule has 1 unspecified atom stereocenters. The van der Waals surface area contributed by atoms with Gasteiger partial charge in [-0.25, -0.2) is 9.78 Å². The van der Waals surface area contributed by atoms with E-state index in [2.05, 4.69) is 33.5 Å². The Balaban J connectivity index is 2.39. The van der Waals surface area contributed by atoms with Gasteiger partial charge in [-0.1, -0.05) is 0 Å². The van der Waals surface area contributed by atoms with E-state index in [4.69, 9.17) is 5.11 Å². The van der Waals surface area contributed by atoms with Crippen LogP contribution in [-0.4, -0.2) is 34.3 Å². The molecular weight excluding hydrogens is 320 g/mol. The summed E-state index contributed by atoms with van der Waals surface area (Å²) in [5, 5.41) is 9.15. The molecule has 0 aliphatic carbocycles. The fourth-order valence-corrected chi connectivity index (χ4v) is 2.49. The lowest BCUT2D eigenvalue weighted by atomic mass is 10.1. The van der Waals surface area contributed by atoms with Gasteiger partial charge in [0.05, 0.1) is 0 Å². The largest absolute Gasteiger partial charge is 0.478 e. The molecule has 1 fully saturated rings. The van der Waals surface area contributed by atoms with Crippen molar-refractivity contribution in [3.05, 3.63) is 22.3 Å². The van der Waals surface area contributed by atoms with Crippen LogP contribution in [-0.2, 0) is 4.79 Å². The molecule has 5 nitrogen and oxygen atoms in total. The van der Waals surface area contributed by atoms with E-state index in [-0.39, 0.29) is 23.2 Å². The van der Waals surface area contributed by atoms with Gasteiger partial charge in [0.25, 0.3) is 0 Å². The third kappa shape index (κ3) is 2.51. The van der Waals surface area contributed by atoms with Crippen LogP contribution in [0.1, 0.15) is 16.8 Å². The van der Waals surface area contributed by atoms with Crippen molar-refractivity contribution in [2.45, 2.75) is 6.42 Å². The smallest absolute Gasteiger partial charge is 0.339 e. The summed E-state index contributed by atoms with van der Waals surface area (Å²) in [4.78, 5) is 28.5. The predicted octanol–water partition coefficient (Wildman–Crippen LogP) is 1.82. The summed E-state index contributed by atoms with van der Waals surface area (Å²) in [7, 11) is 0. The fraction of sp³-hybridized carbons (Fsp3) is 0.364. The van der Waals surface area contributed by atoms with Crippen molar-refractivity contribution in [3.63, 3.8) is 0 Å². The molecule has 7 heteroatoms. The summed E-state index contributed by atoms with van der Waals surface area (Å²) < 4.78 is 0.570. The molecule has 0 spiro atoms. The van der Waals surface area contributed by atoms with Crippen LogP contribution in [0.5, 0.6) is 0 Å². The van der Waals surface area contributed by atoms with Crippen molar-refractivity contribution in [1.82, 2.24) is 4.98 Å². The number of nitrogens with zero attached hydrogens (tertiary/aromatic N) is 2. The summed E-state index contributed by atoms with van der Waals surface area (Å²) >= 11 is 7.34. The molecule has 1 aromatic heterocycles. The number of carbonyl (C=O) groups is 2. The molecule has 2 heterocycles. The molecule has 18 heavy (non-hydrogen) atoms. The Labute approximate surface area is 118 Å². The number of anilines is 1. The summed E-state index contributed by atoms with van der Waals surface area (Å²) in [5.41, 5.74) is 0.0255. The zero-order chi connectivity index (χ0) is 13.3. The van der Waals surface area contributed by atoms with E-state index in [1.165, 1.54) is 17.2 Å². The maximum absolute atomic E-state index is 11.9. The van der Waals surface area contributed by atoms with E-state index in [0.29, 0.717) is 23.2 Å². The minimum atomic E-state index is -1.10. The normalized spacial score (nSPS) is 19.3. The van der Waals surface area contributed by atoms with Gasteiger partial charge in [0, 0.05) is 23.6 Å². The first-order valence-corrected chi connectivity index (χ1v) is 6.75. The number of rotatable bonds is 3. The minimum Gasteiger partial charge on any atom is -0.478 e. The van der Waals surface area contributed by atoms with Crippen molar-refractivity contribution in [2.75, 3.05) is 17.2 Å². The zero-order valence-electron chi connectivity index (χ0n) is 9.34. The Morgan fingerprint density at radius 3 is 2.94 bits per heavy atom. The quantitative estimate of drug-likeness (QED) is 0.829. The molecule has 1 amide bonds. The number of carbonyl (C=O) groups excluding carboxylic acids is 1. The fourth-order valence-electron chi connectivity index (χ4n) is 1.91. The second kappa shape index (κ2) is 5.27. The maximum Gasteiger partial charge on any atom is 0.339 e. The summed E-state index contributed by atoms with van der Waals surface area (Å²) in [6.45, 7) is 0.469. The van der Waals surface area contributed by atoms with Gasteiger partial charge in [0.2, 0.25) is 5.91 Å². The van der Waals surface area contributed by atoms with E-state index in [1.807, 2.05) is 0 Å². The van der Waals surface area contributed by atoms with Crippen molar-refractivity contribution in [3.8, 4) is 0 Å². The highest BCUT2D eigenvalue weighted by Gasteiger charge is 2.32. The van der Waals surface area contributed by atoms with Crippen LogP contribution < -0.4 is 4.90 Å². The molecule has 1 aliphatic heterocycles. The third-order valence-electron chi connectivity index (χ3n) is 2.78. The highest BCUT2D eigenvalue weighted by molar-refractivity contribution is 9.10. The number of halogens is 1. The number of aromatic carboxylic acids is 1. The van der Waals surface area contributed by atoms with Crippen LogP contribution in [0.4, 0.5) is 5.82 Å². The summed E-state index contributed by atoms with van der Waals surface area (Å²) in [5.74, 6) is -0.249. The molecule has 0 aromatic carbocycles. The number of carboxylic acid groups (broad SMARTS) is 1.